The average Bonchev–Trinajstić information content (AvgIpc) is 3.11. The molecule has 1 unspecified atom stereocenters. The van der Waals surface area contributed by atoms with Crippen molar-refractivity contribution in [3.8, 4) is 0 Å². The van der Waals surface area contributed by atoms with E-state index >= 15 is 0 Å². The largest absolute Gasteiger partial charge is 0.360 e. The Morgan fingerprint density at radius 2 is 1.91 bits per heavy atom. The lowest BCUT2D eigenvalue weighted by atomic mass is 9.81. The second-order valence-electron chi connectivity index (χ2n) is 9.15. The number of nitrogens with zero attached hydrogens (tertiary/aromatic N) is 3. The molecule has 2 saturated heterocycles. The van der Waals surface area contributed by atoms with Gasteiger partial charge < -0.3 is 14.7 Å². The fourth-order valence-electron chi connectivity index (χ4n) is 5.03. The van der Waals surface area contributed by atoms with Gasteiger partial charge in [0.05, 0.1) is 6.54 Å². The summed E-state index contributed by atoms with van der Waals surface area (Å²) in [6, 6.07) is 12.1. The first-order chi connectivity index (χ1) is 15.6. The summed E-state index contributed by atoms with van der Waals surface area (Å²) in [6.45, 7) is 5.53. The van der Waals surface area contributed by atoms with Crippen LogP contribution in [0.5, 0.6) is 0 Å². The zero-order valence-electron chi connectivity index (χ0n) is 19.0. The van der Waals surface area contributed by atoms with Gasteiger partial charge in [-0.25, -0.2) is 0 Å². The van der Waals surface area contributed by atoms with E-state index in [1.54, 1.807) is 13.0 Å². The molecule has 2 aliphatic heterocycles. The Bertz CT molecular complexity index is 890. The highest BCUT2D eigenvalue weighted by atomic mass is 16.5. The van der Waals surface area contributed by atoms with Gasteiger partial charge in [0.25, 0.3) is 0 Å². The molecule has 2 fully saturated rings. The predicted octanol–water partition coefficient (Wildman–Crippen LogP) is 3.50. The molecule has 0 saturated carbocycles. The summed E-state index contributed by atoms with van der Waals surface area (Å²) >= 11 is 0. The van der Waals surface area contributed by atoms with Crippen LogP contribution in [0.4, 0.5) is 5.82 Å². The summed E-state index contributed by atoms with van der Waals surface area (Å²) in [4.78, 5) is 29.9. The van der Waals surface area contributed by atoms with Gasteiger partial charge in [0.2, 0.25) is 11.8 Å². The first-order valence-corrected chi connectivity index (χ1v) is 11.9. The number of hydrogen-bond donors (Lipinski definition) is 1. The highest BCUT2D eigenvalue weighted by Crippen LogP contribution is 2.32. The zero-order valence-corrected chi connectivity index (χ0v) is 19.0. The zero-order chi connectivity index (χ0) is 22.3. The summed E-state index contributed by atoms with van der Waals surface area (Å²) in [7, 11) is 0. The molecule has 0 spiro atoms. The van der Waals surface area contributed by atoms with Crippen LogP contribution in [0, 0.1) is 18.8 Å². The molecule has 2 amide bonds. The lowest BCUT2D eigenvalue weighted by Gasteiger charge is -2.36. The van der Waals surface area contributed by atoms with E-state index in [-0.39, 0.29) is 11.8 Å². The van der Waals surface area contributed by atoms with Gasteiger partial charge in [0, 0.05) is 25.1 Å². The van der Waals surface area contributed by atoms with Crippen LogP contribution in [0.1, 0.15) is 43.4 Å². The van der Waals surface area contributed by atoms with E-state index in [2.05, 4.69) is 44.5 Å². The molecular weight excluding hydrogens is 404 g/mol. The number of anilines is 1. The van der Waals surface area contributed by atoms with E-state index in [1.807, 2.05) is 6.07 Å². The summed E-state index contributed by atoms with van der Waals surface area (Å²) in [5, 5.41) is 6.60. The minimum Gasteiger partial charge on any atom is -0.360 e. The molecule has 1 N–H and O–H groups in total. The highest BCUT2D eigenvalue weighted by Gasteiger charge is 2.35. The Morgan fingerprint density at radius 3 is 2.62 bits per heavy atom. The second kappa shape index (κ2) is 10.8. The van der Waals surface area contributed by atoms with Crippen molar-refractivity contribution in [2.45, 2.75) is 45.4 Å². The number of piperidine rings is 1. The minimum atomic E-state index is -0.0746. The van der Waals surface area contributed by atoms with Crippen LogP contribution in [0.15, 0.2) is 40.9 Å². The van der Waals surface area contributed by atoms with E-state index < -0.39 is 0 Å². The van der Waals surface area contributed by atoms with Crippen molar-refractivity contribution in [3.05, 3.63) is 47.7 Å². The summed E-state index contributed by atoms with van der Waals surface area (Å²) in [5.41, 5.74) is 1.29. The predicted molar refractivity (Wildman–Crippen MR) is 123 cm³/mol. The molecule has 2 aromatic rings. The van der Waals surface area contributed by atoms with Crippen molar-refractivity contribution in [2.24, 2.45) is 11.8 Å². The van der Waals surface area contributed by atoms with Gasteiger partial charge in [-0.1, -0.05) is 41.9 Å². The number of nitrogens with one attached hydrogen (secondary N) is 1. The number of aromatic nitrogens is 1. The van der Waals surface area contributed by atoms with Gasteiger partial charge in [0.15, 0.2) is 5.82 Å². The topological polar surface area (TPSA) is 78.7 Å². The van der Waals surface area contributed by atoms with Crippen LogP contribution in [0.25, 0.3) is 0 Å². The lowest BCUT2D eigenvalue weighted by molar-refractivity contribution is -0.137. The van der Waals surface area contributed by atoms with Crippen LogP contribution in [0.2, 0.25) is 0 Å². The number of rotatable bonds is 7. The van der Waals surface area contributed by atoms with Crippen LogP contribution in [-0.2, 0) is 16.0 Å². The SMILES string of the molecule is Cc1cc(NC(=O)CN2CCC(C3CCCCN(CCc4ccccc4)C3=O)CC2)no1. The molecule has 3 heterocycles. The average molecular weight is 439 g/mol. The number of aryl methyl sites for hydroxylation is 1. The monoisotopic (exact) mass is 438 g/mol. The second-order valence-corrected chi connectivity index (χ2v) is 9.15. The molecule has 7 heteroatoms. The first kappa shape index (κ1) is 22.5. The van der Waals surface area contributed by atoms with E-state index in [1.165, 1.54) is 5.56 Å². The fourth-order valence-corrected chi connectivity index (χ4v) is 5.03. The maximum absolute atomic E-state index is 13.4. The van der Waals surface area contributed by atoms with Gasteiger partial charge in [-0.3, -0.25) is 14.5 Å². The number of hydrogen-bond acceptors (Lipinski definition) is 5. The molecule has 0 radical (unpaired) electrons. The molecule has 1 aromatic heterocycles. The van der Waals surface area contributed by atoms with Crippen LogP contribution in [-0.4, -0.2) is 59.5 Å². The quantitative estimate of drug-likeness (QED) is 0.716. The number of amides is 2. The molecule has 2 aliphatic rings. The van der Waals surface area contributed by atoms with Crippen molar-refractivity contribution >= 4 is 17.6 Å². The van der Waals surface area contributed by atoms with Crippen molar-refractivity contribution < 1.29 is 14.1 Å². The molecule has 4 rings (SSSR count). The Kier molecular flexibility index (Phi) is 7.58. The van der Waals surface area contributed by atoms with Crippen molar-refractivity contribution in [1.29, 1.82) is 0 Å². The Morgan fingerprint density at radius 1 is 1.12 bits per heavy atom. The van der Waals surface area contributed by atoms with Gasteiger partial charge in [-0.05, 0) is 63.6 Å². The fraction of sp³-hybridized carbons (Fsp3) is 0.560. The van der Waals surface area contributed by atoms with Crippen molar-refractivity contribution in [3.63, 3.8) is 0 Å². The molecular formula is C25H34N4O3. The van der Waals surface area contributed by atoms with E-state index in [9.17, 15) is 9.59 Å². The molecule has 7 nitrogen and oxygen atoms in total. The third kappa shape index (κ3) is 5.97. The number of likely N-dealkylation sites (tertiary alicyclic amines) is 2. The Hall–Kier alpha value is -2.67. The molecule has 1 aromatic carbocycles. The van der Waals surface area contributed by atoms with Crippen LogP contribution in [0.3, 0.4) is 0 Å². The van der Waals surface area contributed by atoms with Gasteiger partial charge >= 0.3 is 0 Å². The van der Waals surface area contributed by atoms with Gasteiger partial charge in [-0.15, -0.1) is 0 Å². The standard InChI is InChI=1S/C25H34N4O3/c1-19-17-23(27-32-19)26-24(30)18-28-14-11-21(12-15-28)22-9-5-6-13-29(25(22)31)16-10-20-7-3-2-4-8-20/h2-4,7-8,17,21-22H,5-6,9-16,18H2,1H3,(H,26,27,30). The van der Waals surface area contributed by atoms with Crippen molar-refractivity contribution in [2.75, 3.05) is 38.0 Å². The van der Waals surface area contributed by atoms with E-state index in [0.717, 1.165) is 64.7 Å². The lowest BCUT2D eigenvalue weighted by Crippen LogP contribution is -2.44. The number of carbonyl (C=O) groups is 2. The number of benzene rings is 1. The van der Waals surface area contributed by atoms with Gasteiger partial charge in [-0.2, -0.15) is 0 Å². The van der Waals surface area contributed by atoms with Crippen molar-refractivity contribution in [1.82, 2.24) is 15.0 Å². The third-order valence-electron chi connectivity index (χ3n) is 6.80. The summed E-state index contributed by atoms with van der Waals surface area (Å²) in [6.07, 6.45) is 6.07. The molecule has 0 aliphatic carbocycles. The summed E-state index contributed by atoms with van der Waals surface area (Å²) < 4.78 is 4.99. The smallest absolute Gasteiger partial charge is 0.239 e. The highest BCUT2D eigenvalue weighted by molar-refractivity contribution is 5.91. The molecule has 1 atom stereocenters. The summed E-state index contributed by atoms with van der Waals surface area (Å²) in [5.74, 6) is 1.94. The molecule has 172 valence electrons. The van der Waals surface area contributed by atoms with Gasteiger partial charge in [0.1, 0.15) is 5.76 Å². The molecule has 32 heavy (non-hydrogen) atoms. The third-order valence-corrected chi connectivity index (χ3v) is 6.80. The minimum absolute atomic E-state index is 0.0746. The van der Waals surface area contributed by atoms with Crippen LogP contribution >= 0.6 is 0 Å². The molecule has 0 bridgehead atoms. The normalized spacial score (nSPS) is 20.8. The Balaban J connectivity index is 1.26. The maximum atomic E-state index is 13.4. The maximum Gasteiger partial charge on any atom is 0.239 e. The van der Waals surface area contributed by atoms with E-state index in [4.69, 9.17) is 4.52 Å². The number of carbonyl (C=O) groups excluding carboxylic acids is 2. The first-order valence-electron chi connectivity index (χ1n) is 11.9. The van der Waals surface area contributed by atoms with E-state index in [0.29, 0.717) is 29.9 Å². The Labute approximate surface area is 190 Å². The van der Waals surface area contributed by atoms with Crippen LogP contribution < -0.4 is 5.32 Å².